The van der Waals surface area contributed by atoms with Crippen LogP contribution in [-0.4, -0.2) is 156 Å². The summed E-state index contributed by atoms with van der Waals surface area (Å²) < 4.78 is 44.0. The van der Waals surface area contributed by atoms with Crippen molar-refractivity contribution < 1.29 is 66.3 Å². The van der Waals surface area contributed by atoms with E-state index < -0.39 is 12.1 Å². The minimum Gasteiger partial charge on any atom is -0.491 e. The van der Waals surface area contributed by atoms with Gasteiger partial charge < -0.3 is 68.1 Å². The molecule has 29 heteroatoms. The second-order valence-corrected chi connectivity index (χ2v) is 33.7. The summed E-state index contributed by atoms with van der Waals surface area (Å²) in [5.74, 6) is 1.39. The summed E-state index contributed by atoms with van der Waals surface area (Å²) in [6.45, 7) is 10.6. The lowest BCUT2D eigenvalue weighted by Crippen LogP contribution is -2.42. The van der Waals surface area contributed by atoms with Gasteiger partial charge in [-0.25, -0.2) is 19.2 Å². The summed E-state index contributed by atoms with van der Waals surface area (Å²) in [7, 11) is 3.24. The van der Waals surface area contributed by atoms with E-state index in [1.165, 1.54) is 28.3 Å². The van der Waals surface area contributed by atoms with Crippen molar-refractivity contribution in [1.82, 2.24) is 44.9 Å². The number of allylic oxidation sites excluding steroid dienone is 2. The van der Waals surface area contributed by atoms with Gasteiger partial charge in [-0.1, -0.05) is 136 Å². The molecular weight excluding hydrogens is 1790 g/mol. The zero-order valence-electron chi connectivity index (χ0n) is 71.7. The van der Waals surface area contributed by atoms with Crippen molar-refractivity contribution in [3.05, 3.63) is 328 Å². The van der Waals surface area contributed by atoms with Crippen LogP contribution in [0.2, 0.25) is 20.1 Å². The van der Waals surface area contributed by atoms with Crippen LogP contribution in [0.1, 0.15) is 147 Å². The number of ether oxygens (including phenoxy) is 7. The predicted molar refractivity (Wildman–Crippen MR) is 506 cm³/mol. The standard InChI is InChI=1S/C29H21Cl2N3O4.C27H25ClN2O4.C24H26BrN3O4.C20H25ClN2O2/c30-18-5-10-21(11-6-18)38-29(36)34-14-13-22-23-16-19(31)7-12-24(23)33-26(22)27(34)17-3-8-20(9-4-17)32-28(35)25-2-1-15-37-25;1-32-15-16-33-20-10-7-18(8-11-20)26-25-22(23-17-19(28)9-12-24(23)29-25)13-14-30(26)27(31)34-21-5-3-2-4-6-21;1-3-32-24(30)28-12-10-18-19-14-17(25)8-9-20(19)27-21(18)22(28)15-4-6-16(7-5-15)23(29)26-11-13-31-2;1-3-5-6-7-8-18-19-15(11-12-23(18)20(24)25-4-2)16-13-14(21)9-10-17(16)22-19/h1-12,15-16,27,33H,13-14H2,(H,32,35);2-12,17,26,29H,13-16H2,1H3;4-9,14,22,27H,3,10-13H2,1-2H3,(H,26,29);5-6,9-10,13,18,22H,3-4,7-8,11-12H2,1-2H3/b;;;6-5+. The Morgan fingerprint density at radius 3 is 1.39 bits per heavy atom. The lowest BCUT2D eigenvalue weighted by molar-refractivity contribution is 0.0837. The van der Waals surface area contributed by atoms with E-state index in [1.54, 1.807) is 109 Å². The highest BCUT2D eigenvalue weighted by atomic mass is 79.9. The van der Waals surface area contributed by atoms with Gasteiger partial charge in [0.05, 0.1) is 38.7 Å². The number of carbonyl (C=O) groups is 6. The Balaban J connectivity index is 0.000000133. The Hall–Kier alpha value is -12.5. The number of para-hydroxylation sites is 1. The molecule has 9 heterocycles. The molecule has 666 valence electrons. The average molecular weight is 1880 g/mol. The number of methoxy groups -OCH3 is 2. The molecule has 0 radical (unpaired) electrons. The van der Waals surface area contributed by atoms with Crippen LogP contribution in [0.4, 0.5) is 24.9 Å². The van der Waals surface area contributed by atoms with Crippen LogP contribution >= 0.6 is 62.3 Å². The first kappa shape index (κ1) is 91.3. The number of nitrogens with zero attached hydrogens (tertiary/aromatic N) is 4. The molecule has 9 aromatic carbocycles. The van der Waals surface area contributed by atoms with Gasteiger partial charge in [0, 0.05) is 149 Å². The molecule has 0 saturated carbocycles. The van der Waals surface area contributed by atoms with Crippen LogP contribution in [-0.2, 0) is 44.6 Å². The number of aromatic nitrogens is 4. The summed E-state index contributed by atoms with van der Waals surface area (Å²) in [6.07, 6.45) is 10.1. The molecule has 4 unspecified atom stereocenters. The highest BCUT2D eigenvalue weighted by molar-refractivity contribution is 9.10. The monoisotopic (exact) mass is 1880 g/mol. The fraction of sp³-hybridized carbons (Fsp3) is 0.260. The smallest absolute Gasteiger partial charge is 0.416 e. The third kappa shape index (κ3) is 21.3. The molecular formula is C100H97BrCl4N10O14. The average Bonchev–Trinajstić information content (AvgIpc) is 1.63. The van der Waals surface area contributed by atoms with E-state index in [0.29, 0.717) is 116 Å². The van der Waals surface area contributed by atoms with Gasteiger partial charge in [-0.05, 0) is 255 Å². The van der Waals surface area contributed by atoms with Gasteiger partial charge in [-0.2, -0.15) is 0 Å². The number of hydrogen-bond acceptors (Lipinski definition) is 14. The number of furan rings is 1. The number of halogens is 5. The Morgan fingerprint density at radius 1 is 0.450 bits per heavy atom. The number of hydrogen-bond donors (Lipinski definition) is 6. The van der Waals surface area contributed by atoms with E-state index >= 15 is 0 Å². The molecule has 6 amide bonds. The molecule has 4 aliphatic heterocycles. The fourth-order valence-corrected chi connectivity index (χ4v) is 18.1. The molecule has 4 atom stereocenters. The van der Waals surface area contributed by atoms with Gasteiger partial charge in [0.15, 0.2) is 5.76 Å². The van der Waals surface area contributed by atoms with Crippen molar-refractivity contribution >= 4 is 148 Å². The van der Waals surface area contributed by atoms with E-state index in [9.17, 15) is 28.8 Å². The predicted octanol–water partition coefficient (Wildman–Crippen LogP) is 23.5. The molecule has 4 aliphatic rings. The molecule has 6 N–H and O–H groups in total. The topological polar surface area (TPSA) is 280 Å². The molecule has 0 bridgehead atoms. The number of fused-ring (bicyclic) bond motifs is 12. The molecule has 14 aromatic rings. The molecule has 18 rings (SSSR count). The maximum atomic E-state index is 13.4. The molecule has 24 nitrogen and oxygen atoms in total. The van der Waals surface area contributed by atoms with Gasteiger partial charge in [0.2, 0.25) is 0 Å². The zero-order valence-corrected chi connectivity index (χ0v) is 76.3. The highest BCUT2D eigenvalue weighted by Gasteiger charge is 2.40. The second kappa shape index (κ2) is 42.6. The van der Waals surface area contributed by atoms with Crippen molar-refractivity contribution in [2.75, 3.05) is 85.3 Å². The lowest BCUT2D eigenvalue weighted by Gasteiger charge is -2.35. The molecule has 0 spiro atoms. The van der Waals surface area contributed by atoms with Crippen molar-refractivity contribution in [3.63, 3.8) is 0 Å². The molecule has 0 fully saturated rings. The number of rotatable bonds is 21. The van der Waals surface area contributed by atoms with Gasteiger partial charge >= 0.3 is 24.4 Å². The third-order valence-corrected chi connectivity index (χ3v) is 24.4. The number of anilines is 1. The number of amides is 6. The summed E-state index contributed by atoms with van der Waals surface area (Å²) in [6, 6.07) is 64.1. The van der Waals surface area contributed by atoms with E-state index in [1.807, 2.05) is 145 Å². The molecule has 129 heavy (non-hydrogen) atoms. The molecule has 5 aromatic heterocycles. The van der Waals surface area contributed by atoms with Gasteiger partial charge in [0.1, 0.15) is 42.0 Å². The SMILES string of the molecule is CC/C=C/CCC1c2[nH]c3ccc(Cl)cc3c2CCN1C(=O)OCC.CCOC(=O)N1CCc2c([nH]c3ccc(Br)cc23)C1c1ccc(C(=O)NCCOC)cc1.COCCOc1ccc(C2c3[nH]c4ccc(Cl)cc4c3CCN2C(=O)Oc2ccccc2)cc1.O=C(Nc1ccc(C2c3[nH]c4ccc(Cl)cc4c3CCN2C(=O)Oc2ccc(Cl)cc2)cc1)c1ccco1. The van der Waals surface area contributed by atoms with Crippen LogP contribution in [0.5, 0.6) is 17.2 Å². The van der Waals surface area contributed by atoms with Crippen LogP contribution in [0, 0.1) is 0 Å². The van der Waals surface area contributed by atoms with E-state index in [2.05, 4.69) is 71.6 Å². The fourth-order valence-electron chi connectivity index (χ4n) is 17.1. The largest absolute Gasteiger partial charge is 0.491 e. The summed E-state index contributed by atoms with van der Waals surface area (Å²) >= 11 is 28.3. The van der Waals surface area contributed by atoms with E-state index in [-0.39, 0.29) is 54.0 Å². The first-order valence-corrected chi connectivity index (χ1v) is 45.1. The first-order chi connectivity index (χ1) is 62.8. The Bertz CT molecular complexity index is 6320. The third-order valence-electron chi connectivity index (χ3n) is 23.0. The quantitative estimate of drug-likeness (QED) is 0.0288. The van der Waals surface area contributed by atoms with Gasteiger partial charge in [0.25, 0.3) is 11.8 Å². The van der Waals surface area contributed by atoms with E-state index in [0.717, 1.165) is 131 Å². The van der Waals surface area contributed by atoms with Crippen LogP contribution in [0.3, 0.4) is 0 Å². The van der Waals surface area contributed by atoms with E-state index in [4.69, 9.17) is 84.0 Å². The van der Waals surface area contributed by atoms with Crippen molar-refractivity contribution in [2.45, 2.75) is 89.9 Å². The summed E-state index contributed by atoms with van der Waals surface area (Å²) in [5.41, 5.74) is 16.7. The number of carbonyl (C=O) groups excluding carboxylic acids is 6. The summed E-state index contributed by atoms with van der Waals surface area (Å²) in [4.78, 5) is 97.9. The second-order valence-electron chi connectivity index (χ2n) is 31.0. The minimum atomic E-state index is -0.477. The normalized spacial score (nSPS) is 15.6. The van der Waals surface area contributed by atoms with Gasteiger partial charge in [-0.15, -0.1) is 0 Å². The van der Waals surface area contributed by atoms with Crippen LogP contribution in [0.25, 0.3) is 43.6 Å². The lowest BCUT2D eigenvalue weighted by atomic mass is 9.92. The zero-order chi connectivity index (χ0) is 90.2. The maximum Gasteiger partial charge on any atom is 0.416 e. The van der Waals surface area contributed by atoms with Crippen LogP contribution < -0.4 is 24.8 Å². The number of H-pyrrole nitrogens is 4. The highest BCUT2D eigenvalue weighted by Crippen LogP contribution is 2.45. The Kier molecular flexibility index (Phi) is 30.2. The number of nitrogens with one attached hydrogen (secondary N) is 6. The van der Waals surface area contributed by atoms with Crippen molar-refractivity contribution in [3.8, 4) is 17.2 Å². The Morgan fingerprint density at radius 2 is 0.891 bits per heavy atom. The Labute approximate surface area is 774 Å². The van der Waals surface area contributed by atoms with Crippen LogP contribution in [0.15, 0.2) is 240 Å². The number of aromatic amines is 4. The first-order valence-electron chi connectivity index (χ1n) is 42.8. The summed E-state index contributed by atoms with van der Waals surface area (Å²) in [5, 5.41) is 12.7. The molecule has 0 aliphatic carbocycles. The number of benzene rings is 9. The van der Waals surface area contributed by atoms with Crippen molar-refractivity contribution in [1.29, 1.82) is 0 Å². The van der Waals surface area contributed by atoms with Gasteiger partial charge in [-0.3, -0.25) is 29.2 Å². The maximum absolute atomic E-state index is 13.4. The minimum absolute atomic E-state index is 0.00971. The molecule has 0 saturated heterocycles. The van der Waals surface area contributed by atoms with Crippen molar-refractivity contribution in [2.24, 2.45) is 0 Å².